The number of hydrogen-bond donors (Lipinski definition) is 1. The van der Waals surface area contributed by atoms with Crippen molar-refractivity contribution in [1.29, 1.82) is 0 Å². The smallest absolute Gasteiger partial charge is 0.351 e. The Balaban J connectivity index is 2.43. The molecule has 0 radical (unpaired) electrons. The molecular weight excluding hydrogens is 466 g/mol. The highest BCUT2D eigenvalue weighted by atomic mass is 35.5. The Kier molecular flexibility index (Phi) is 14.2. The molecule has 0 amide bonds. The van der Waals surface area contributed by atoms with E-state index in [1.54, 1.807) is 0 Å². The maximum atomic E-state index is 14.0. The second kappa shape index (κ2) is 15.7. The lowest BCUT2D eigenvalue weighted by molar-refractivity contribution is -0.190. The van der Waals surface area contributed by atoms with Gasteiger partial charge in [0.1, 0.15) is 5.76 Å². The molecule has 0 aliphatic heterocycles. The number of carbonyl (C=O) groups excluding carboxylic acids is 2. The summed E-state index contributed by atoms with van der Waals surface area (Å²) in [5.74, 6) is -4.29. The van der Waals surface area contributed by atoms with Crippen LogP contribution in [0.5, 0.6) is 0 Å². The first kappa shape index (κ1) is 30.8. The number of rotatable bonds is 18. The quantitative estimate of drug-likeness (QED) is 0.0926. The monoisotopic (exact) mass is 508 g/mol. The van der Waals surface area contributed by atoms with E-state index in [0.29, 0.717) is 6.42 Å². The number of unbranched alkanes of at least 4 members (excludes halogenated alkanes) is 13. The maximum Gasteiger partial charge on any atom is 0.351 e. The number of carbonyl (C=O) groups is 2. The van der Waals surface area contributed by atoms with Gasteiger partial charge in [-0.05, 0) is 24.4 Å². The molecule has 1 aliphatic rings. The second-order valence-electron chi connectivity index (χ2n) is 9.37. The predicted octanol–water partition coefficient (Wildman–Crippen LogP) is 7.08. The first-order chi connectivity index (χ1) is 16.1. The molecule has 0 spiro atoms. The Bertz CT molecular complexity index is 662. The van der Waals surface area contributed by atoms with Gasteiger partial charge >= 0.3 is 11.4 Å². The van der Waals surface area contributed by atoms with Gasteiger partial charge in [-0.25, -0.2) is 0 Å². The van der Waals surface area contributed by atoms with Gasteiger partial charge in [-0.15, -0.1) is 0 Å². The summed E-state index contributed by atoms with van der Waals surface area (Å²) in [5, 5.41) is 6.32. The molecule has 0 aromatic carbocycles. The summed E-state index contributed by atoms with van der Waals surface area (Å²) in [5.41, 5.74) is -2.95. The van der Waals surface area contributed by atoms with E-state index in [1.807, 2.05) is 0 Å². The second-order valence-corrected chi connectivity index (χ2v) is 9.85. The van der Waals surface area contributed by atoms with Crippen molar-refractivity contribution >= 4 is 23.4 Å². The minimum absolute atomic E-state index is 0.0531. The fourth-order valence-corrected chi connectivity index (χ4v) is 4.80. The number of esters is 1. The molecular formula is C26H43ClF2O5. The van der Waals surface area contributed by atoms with Crippen LogP contribution in [0, 0.1) is 5.92 Å². The standard InChI is InChI=1S/C26H43ClF2O5/c1-4-5-6-7-8-9-10-11-12-13-14-15-16-17-18-20-21(33-2)19-25(32,26(27,28)29)22(23(20)30)24(31)34-3/h22,32H,4-19H2,1-3H3. The summed E-state index contributed by atoms with van der Waals surface area (Å²) in [4.78, 5) is 25.1. The van der Waals surface area contributed by atoms with Gasteiger partial charge in [0.05, 0.1) is 14.2 Å². The molecule has 1 N–H and O–H groups in total. The number of methoxy groups -OCH3 is 2. The third kappa shape index (κ3) is 9.10. The molecule has 2 unspecified atom stereocenters. The lowest BCUT2D eigenvalue weighted by Crippen LogP contribution is -2.59. The Hall–Kier alpha value is -1.21. The van der Waals surface area contributed by atoms with Crippen molar-refractivity contribution in [3.63, 3.8) is 0 Å². The molecule has 0 fully saturated rings. The maximum absolute atomic E-state index is 14.0. The lowest BCUT2D eigenvalue weighted by atomic mass is 9.72. The van der Waals surface area contributed by atoms with E-state index in [4.69, 9.17) is 16.3 Å². The van der Waals surface area contributed by atoms with E-state index in [0.717, 1.165) is 26.4 Å². The van der Waals surface area contributed by atoms with E-state index in [1.165, 1.54) is 71.3 Å². The minimum atomic E-state index is -4.22. The summed E-state index contributed by atoms with van der Waals surface area (Å²) in [6, 6.07) is 0. The molecule has 1 aliphatic carbocycles. The number of allylic oxidation sites excluding steroid dienone is 1. The molecule has 34 heavy (non-hydrogen) atoms. The Morgan fingerprint density at radius 3 is 1.79 bits per heavy atom. The van der Waals surface area contributed by atoms with Crippen LogP contribution in [0.2, 0.25) is 0 Å². The first-order valence-corrected chi connectivity index (χ1v) is 13.2. The highest BCUT2D eigenvalue weighted by molar-refractivity contribution is 6.23. The van der Waals surface area contributed by atoms with Gasteiger partial charge in [-0.1, -0.05) is 90.4 Å². The predicted molar refractivity (Wildman–Crippen MR) is 130 cm³/mol. The van der Waals surface area contributed by atoms with Crippen LogP contribution in [0.25, 0.3) is 0 Å². The number of Topliss-reactive ketones (excluding diaryl/α,β-unsaturated/α-hetero) is 1. The molecule has 0 saturated carbocycles. The van der Waals surface area contributed by atoms with Crippen LogP contribution in [0.1, 0.15) is 110 Å². The van der Waals surface area contributed by atoms with Crippen LogP contribution in [-0.4, -0.2) is 42.1 Å². The van der Waals surface area contributed by atoms with Gasteiger partial charge in [0, 0.05) is 12.0 Å². The molecule has 8 heteroatoms. The topological polar surface area (TPSA) is 72.8 Å². The van der Waals surface area contributed by atoms with Crippen LogP contribution in [-0.2, 0) is 19.1 Å². The van der Waals surface area contributed by atoms with Crippen LogP contribution in [0.4, 0.5) is 8.78 Å². The molecule has 2 atom stereocenters. The molecule has 0 aromatic heterocycles. The third-order valence-corrected chi connectivity index (χ3v) is 7.09. The van der Waals surface area contributed by atoms with Crippen molar-refractivity contribution in [2.24, 2.45) is 5.92 Å². The minimum Gasteiger partial charge on any atom is -0.501 e. The van der Waals surface area contributed by atoms with E-state index < -0.39 is 35.1 Å². The fourth-order valence-electron chi connectivity index (χ4n) is 4.62. The number of halogens is 3. The number of hydrogen-bond acceptors (Lipinski definition) is 5. The SMILES string of the molecule is CCCCCCCCCCCCCCCCC1=C(OC)CC(O)(C(F)(F)Cl)C(C(=O)OC)C1=O. The van der Waals surface area contributed by atoms with Crippen LogP contribution < -0.4 is 0 Å². The first-order valence-electron chi connectivity index (χ1n) is 12.8. The zero-order chi connectivity index (χ0) is 25.6. The van der Waals surface area contributed by atoms with Gasteiger partial charge in [0.2, 0.25) is 0 Å². The summed E-state index contributed by atoms with van der Waals surface area (Å²) >= 11 is 5.10. The van der Waals surface area contributed by atoms with Crippen molar-refractivity contribution in [1.82, 2.24) is 0 Å². The summed E-state index contributed by atoms with van der Waals surface area (Å²) in [6.07, 6.45) is 16.2. The molecule has 1 rings (SSSR count). The summed E-state index contributed by atoms with van der Waals surface area (Å²) < 4.78 is 37.7. The Labute approximate surface area is 208 Å². The lowest BCUT2D eigenvalue weighted by Gasteiger charge is -2.40. The largest absolute Gasteiger partial charge is 0.501 e. The van der Waals surface area contributed by atoms with Gasteiger partial charge in [0.25, 0.3) is 0 Å². The average molecular weight is 509 g/mol. The van der Waals surface area contributed by atoms with E-state index >= 15 is 0 Å². The fraction of sp³-hybridized carbons (Fsp3) is 0.846. The molecule has 0 heterocycles. The number of alkyl halides is 3. The van der Waals surface area contributed by atoms with E-state index in [2.05, 4.69) is 11.7 Å². The van der Waals surface area contributed by atoms with Gasteiger partial charge in [-0.2, -0.15) is 8.78 Å². The number of ketones is 1. The number of aliphatic hydroxyl groups is 1. The average Bonchev–Trinajstić information content (AvgIpc) is 2.79. The van der Waals surface area contributed by atoms with Gasteiger partial charge in [-0.3, -0.25) is 9.59 Å². The highest BCUT2D eigenvalue weighted by Gasteiger charge is 2.64. The van der Waals surface area contributed by atoms with Gasteiger partial charge in [0.15, 0.2) is 17.3 Å². The van der Waals surface area contributed by atoms with Crippen LogP contribution in [0.3, 0.4) is 0 Å². The zero-order valence-corrected chi connectivity index (χ0v) is 21.9. The Morgan fingerprint density at radius 1 is 0.971 bits per heavy atom. The summed E-state index contributed by atoms with van der Waals surface area (Å²) in [6.45, 7) is 2.23. The molecule has 0 aromatic rings. The normalized spacial score (nSPS) is 21.1. The summed E-state index contributed by atoms with van der Waals surface area (Å²) in [7, 11) is 2.23. The van der Waals surface area contributed by atoms with Crippen molar-refractivity contribution < 1.29 is 33.0 Å². The van der Waals surface area contributed by atoms with Crippen LogP contribution in [0.15, 0.2) is 11.3 Å². The van der Waals surface area contributed by atoms with Crippen molar-refractivity contribution in [2.75, 3.05) is 14.2 Å². The highest BCUT2D eigenvalue weighted by Crippen LogP contribution is 2.48. The Morgan fingerprint density at radius 2 is 1.41 bits per heavy atom. The third-order valence-electron chi connectivity index (χ3n) is 6.76. The molecule has 5 nitrogen and oxygen atoms in total. The van der Waals surface area contributed by atoms with E-state index in [9.17, 15) is 23.5 Å². The van der Waals surface area contributed by atoms with Gasteiger partial charge < -0.3 is 14.6 Å². The van der Waals surface area contributed by atoms with Crippen LogP contribution >= 0.6 is 11.6 Å². The van der Waals surface area contributed by atoms with Crippen molar-refractivity contribution in [3.05, 3.63) is 11.3 Å². The van der Waals surface area contributed by atoms with Crippen molar-refractivity contribution in [2.45, 2.75) is 121 Å². The molecule has 0 saturated heterocycles. The van der Waals surface area contributed by atoms with E-state index in [-0.39, 0.29) is 17.8 Å². The molecule has 0 bridgehead atoms. The van der Waals surface area contributed by atoms with Crippen molar-refractivity contribution in [3.8, 4) is 0 Å². The number of ether oxygens (including phenoxy) is 2. The zero-order valence-electron chi connectivity index (χ0n) is 21.1. The molecule has 198 valence electrons.